The molecular formula is C16H26ClNO. The number of aryl methyl sites for hydroxylation is 1. The van der Waals surface area contributed by atoms with Crippen molar-refractivity contribution in [3.63, 3.8) is 0 Å². The summed E-state index contributed by atoms with van der Waals surface area (Å²) in [6.07, 6.45) is 3.03. The normalized spacial score (nSPS) is 14.2. The van der Waals surface area contributed by atoms with Crippen LogP contribution in [0.15, 0.2) is 18.2 Å². The first-order valence-corrected chi connectivity index (χ1v) is 7.60. The lowest BCUT2D eigenvalue weighted by Crippen LogP contribution is -2.42. The fourth-order valence-electron chi connectivity index (χ4n) is 1.93. The molecule has 19 heavy (non-hydrogen) atoms. The molecule has 0 radical (unpaired) electrons. The van der Waals surface area contributed by atoms with Crippen LogP contribution in [0.1, 0.15) is 46.1 Å². The van der Waals surface area contributed by atoms with E-state index in [-0.39, 0.29) is 5.60 Å². The summed E-state index contributed by atoms with van der Waals surface area (Å²) in [7, 11) is 0. The summed E-state index contributed by atoms with van der Waals surface area (Å²) in [5.74, 6) is 0.906. The van der Waals surface area contributed by atoms with E-state index >= 15 is 0 Å². The number of ether oxygens (including phenoxy) is 1. The highest BCUT2D eigenvalue weighted by atomic mass is 35.5. The molecule has 0 aromatic heterocycles. The number of halogens is 1. The van der Waals surface area contributed by atoms with Gasteiger partial charge in [-0.3, -0.25) is 0 Å². The summed E-state index contributed by atoms with van der Waals surface area (Å²) in [5.41, 5.74) is 0.965. The van der Waals surface area contributed by atoms with E-state index in [0.29, 0.717) is 0 Å². The molecule has 1 aromatic rings. The van der Waals surface area contributed by atoms with E-state index in [1.54, 1.807) is 0 Å². The molecule has 0 saturated carbocycles. The second-order valence-electron chi connectivity index (χ2n) is 5.19. The molecule has 108 valence electrons. The Morgan fingerprint density at radius 2 is 2.00 bits per heavy atom. The van der Waals surface area contributed by atoms with Crippen LogP contribution in [0.25, 0.3) is 0 Å². The minimum atomic E-state index is -0.173. The zero-order valence-corrected chi connectivity index (χ0v) is 13.3. The molecule has 1 rings (SSSR count). The number of hydrogen-bond donors (Lipinski definition) is 1. The Morgan fingerprint density at radius 1 is 1.26 bits per heavy atom. The van der Waals surface area contributed by atoms with Crippen LogP contribution in [-0.4, -0.2) is 18.7 Å². The molecule has 0 aliphatic carbocycles. The lowest BCUT2D eigenvalue weighted by Gasteiger charge is -2.30. The smallest absolute Gasteiger partial charge is 0.120 e. The number of benzene rings is 1. The molecule has 1 atom stereocenters. The highest BCUT2D eigenvalue weighted by Crippen LogP contribution is 2.26. The highest BCUT2D eigenvalue weighted by Gasteiger charge is 2.23. The Labute approximate surface area is 122 Å². The van der Waals surface area contributed by atoms with Crippen molar-refractivity contribution in [2.24, 2.45) is 0 Å². The summed E-state index contributed by atoms with van der Waals surface area (Å²) in [6.45, 7) is 10.5. The summed E-state index contributed by atoms with van der Waals surface area (Å²) in [4.78, 5) is 0. The fraction of sp³-hybridized carbons (Fsp3) is 0.625. The van der Waals surface area contributed by atoms with Gasteiger partial charge in [-0.05, 0) is 56.5 Å². The maximum atomic E-state index is 6.17. The zero-order chi connectivity index (χ0) is 14.3. The van der Waals surface area contributed by atoms with Crippen LogP contribution in [0.4, 0.5) is 0 Å². The molecule has 1 unspecified atom stereocenters. The maximum absolute atomic E-state index is 6.17. The van der Waals surface area contributed by atoms with Gasteiger partial charge in [0.05, 0.1) is 0 Å². The largest absolute Gasteiger partial charge is 0.486 e. The summed E-state index contributed by atoms with van der Waals surface area (Å²) in [6, 6.07) is 5.93. The zero-order valence-electron chi connectivity index (χ0n) is 12.6. The molecule has 0 amide bonds. The van der Waals surface area contributed by atoms with Crippen molar-refractivity contribution in [1.29, 1.82) is 0 Å². The lowest BCUT2D eigenvalue weighted by atomic mass is 10.0. The Morgan fingerprint density at radius 3 is 2.58 bits per heavy atom. The van der Waals surface area contributed by atoms with E-state index in [2.05, 4.69) is 39.1 Å². The molecule has 0 bridgehead atoms. The van der Waals surface area contributed by atoms with Gasteiger partial charge in [-0.2, -0.15) is 0 Å². The van der Waals surface area contributed by atoms with Gasteiger partial charge in [0.1, 0.15) is 11.4 Å². The minimum absolute atomic E-state index is 0.173. The molecule has 0 aliphatic heterocycles. The molecule has 0 saturated heterocycles. The molecule has 1 N–H and O–H groups in total. The van der Waals surface area contributed by atoms with Gasteiger partial charge in [-0.25, -0.2) is 0 Å². The SMILES string of the molecule is CCCNCC(C)(CC)Oc1ccc(Cl)c(CC)c1. The number of rotatable bonds is 8. The molecule has 0 aliphatic rings. The van der Waals surface area contributed by atoms with Crippen LogP contribution >= 0.6 is 11.6 Å². The van der Waals surface area contributed by atoms with E-state index in [1.165, 1.54) is 0 Å². The van der Waals surface area contributed by atoms with E-state index in [9.17, 15) is 0 Å². The van der Waals surface area contributed by atoms with Crippen molar-refractivity contribution in [2.75, 3.05) is 13.1 Å². The Bertz CT molecular complexity index is 394. The van der Waals surface area contributed by atoms with Gasteiger partial charge >= 0.3 is 0 Å². The van der Waals surface area contributed by atoms with Crippen LogP contribution in [0.2, 0.25) is 5.02 Å². The van der Waals surface area contributed by atoms with Crippen molar-refractivity contribution < 1.29 is 4.74 Å². The summed E-state index contributed by atoms with van der Waals surface area (Å²) < 4.78 is 6.17. The van der Waals surface area contributed by atoms with Crippen molar-refractivity contribution in [3.05, 3.63) is 28.8 Å². The molecule has 0 fully saturated rings. The Kier molecular flexibility index (Phi) is 6.67. The van der Waals surface area contributed by atoms with Crippen molar-refractivity contribution in [1.82, 2.24) is 5.32 Å². The summed E-state index contributed by atoms with van der Waals surface area (Å²) >= 11 is 6.14. The molecule has 2 nitrogen and oxygen atoms in total. The first kappa shape index (κ1) is 16.3. The molecular weight excluding hydrogens is 258 g/mol. The van der Waals surface area contributed by atoms with Gasteiger partial charge < -0.3 is 10.1 Å². The van der Waals surface area contributed by atoms with Crippen molar-refractivity contribution in [2.45, 2.75) is 52.6 Å². The van der Waals surface area contributed by atoms with Crippen molar-refractivity contribution in [3.8, 4) is 5.75 Å². The van der Waals surface area contributed by atoms with Crippen LogP contribution < -0.4 is 10.1 Å². The van der Waals surface area contributed by atoms with E-state index in [4.69, 9.17) is 16.3 Å². The second kappa shape index (κ2) is 7.76. The van der Waals surface area contributed by atoms with Gasteiger partial charge in [0, 0.05) is 11.6 Å². The Hall–Kier alpha value is -0.730. The Balaban J connectivity index is 2.74. The van der Waals surface area contributed by atoms with E-state index < -0.39 is 0 Å². The van der Waals surface area contributed by atoms with Gasteiger partial charge in [-0.1, -0.05) is 32.4 Å². The second-order valence-corrected chi connectivity index (χ2v) is 5.60. The summed E-state index contributed by atoms with van der Waals surface area (Å²) in [5, 5.41) is 4.25. The van der Waals surface area contributed by atoms with Crippen LogP contribution in [-0.2, 0) is 6.42 Å². The van der Waals surface area contributed by atoms with Crippen LogP contribution in [0.5, 0.6) is 5.75 Å². The highest BCUT2D eigenvalue weighted by molar-refractivity contribution is 6.31. The minimum Gasteiger partial charge on any atom is -0.486 e. The standard InChI is InChI=1S/C16H26ClNO/c1-5-10-18-12-16(4,7-3)19-14-8-9-15(17)13(6-2)11-14/h8-9,11,18H,5-7,10,12H2,1-4H3. The fourth-order valence-corrected chi connectivity index (χ4v) is 2.18. The van der Waals surface area contributed by atoms with Crippen molar-refractivity contribution >= 4 is 11.6 Å². The third-order valence-electron chi connectivity index (χ3n) is 3.44. The molecule has 0 heterocycles. The molecule has 0 spiro atoms. The van der Waals surface area contributed by atoms with Gasteiger partial charge in [0.15, 0.2) is 0 Å². The third kappa shape index (κ3) is 5.04. The quantitative estimate of drug-likeness (QED) is 0.712. The van der Waals surface area contributed by atoms with Gasteiger partial charge in [0.25, 0.3) is 0 Å². The monoisotopic (exact) mass is 283 g/mol. The average molecular weight is 284 g/mol. The number of nitrogens with one attached hydrogen (secondary N) is 1. The van der Waals surface area contributed by atoms with Crippen LogP contribution in [0.3, 0.4) is 0 Å². The van der Waals surface area contributed by atoms with Crippen LogP contribution in [0, 0.1) is 0 Å². The first-order chi connectivity index (χ1) is 9.04. The topological polar surface area (TPSA) is 21.3 Å². The maximum Gasteiger partial charge on any atom is 0.120 e. The number of hydrogen-bond acceptors (Lipinski definition) is 2. The van der Waals surface area contributed by atoms with E-state index in [0.717, 1.165) is 48.7 Å². The average Bonchev–Trinajstić information content (AvgIpc) is 2.41. The van der Waals surface area contributed by atoms with Gasteiger partial charge in [0.2, 0.25) is 0 Å². The predicted octanol–water partition coefficient (Wildman–Crippen LogP) is 4.45. The van der Waals surface area contributed by atoms with E-state index in [1.807, 2.05) is 12.1 Å². The molecule has 1 aromatic carbocycles. The first-order valence-electron chi connectivity index (χ1n) is 7.22. The predicted molar refractivity (Wildman–Crippen MR) is 83.3 cm³/mol. The third-order valence-corrected chi connectivity index (χ3v) is 3.80. The van der Waals surface area contributed by atoms with Gasteiger partial charge in [-0.15, -0.1) is 0 Å². The lowest BCUT2D eigenvalue weighted by molar-refractivity contribution is 0.0837. The molecule has 3 heteroatoms.